The number of hydrogen-bond donors (Lipinski definition) is 1. The van der Waals surface area contributed by atoms with E-state index in [0.717, 1.165) is 0 Å². The fourth-order valence-electron chi connectivity index (χ4n) is 1.81. The highest BCUT2D eigenvalue weighted by Gasteiger charge is 2.47. The van der Waals surface area contributed by atoms with Crippen LogP contribution >= 0.6 is 0 Å². The number of nitrogens with zero attached hydrogens (tertiary/aromatic N) is 3. The van der Waals surface area contributed by atoms with Crippen LogP contribution in [0.4, 0.5) is 0 Å². The lowest BCUT2D eigenvalue weighted by Crippen LogP contribution is -2.47. The Kier molecular flexibility index (Phi) is 2.13. The number of aliphatic hydroxyl groups is 1. The third-order valence-corrected chi connectivity index (χ3v) is 2.66. The predicted molar refractivity (Wildman–Crippen MR) is 42.7 cm³/mol. The van der Waals surface area contributed by atoms with E-state index in [9.17, 15) is 5.11 Å². The summed E-state index contributed by atoms with van der Waals surface area (Å²) >= 11 is 0. The molecule has 13 heavy (non-hydrogen) atoms. The Hall–Kier alpha value is -0.810. The topological polar surface area (TPSA) is 87.5 Å². The molecule has 2 fully saturated rings. The van der Waals surface area contributed by atoms with E-state index in [1.807, 2.05) is 6.92 Å². The second-order valence-electron chi connectivity index (χ2n) is 3.42. The van der Waals surface area contributed by atoms with Crippen molar-refractivity contribution in [3.05, 3.63) is 10.4 Å². The van der Waals surface area contributed by atoms with Crippen LogP contribution in [-0.4, -0.2) is 36.3 Å². The predicted octanol–water partition coefficient (Wildman–Crippen LogP) is 0.417. The Bertz CT molecular complexity index is 253. The maximum absolute atomic E-state index is 9.67. The van der Waals surface area contributed by atoms with E-state index < -0.39 is 18.4 Å². The molecule has 2 bridgehead atoms. The molecule has 0 amide bonds. The maximum atomic E-state index is 9.67. The van der Waals surface area contributed by atoms with Crippen molar-refractivity contribution in [2.24, 2.45) is 11.0 Å². The standard InChI is InChI=1S/C7H11N3O3/c1-3-5(9-10-8)7-12-2-4(13-7)6(3)11/h3-7,11H,2H2,1H3/t3-,4?,5?,6-,7+/m1/s1. The van der Waals surface area contributed by atoms with Gasteiger partial charge in [0.15, 0.2) is 6.29 Å². The summed E-state index contributed by atoms with van der Waals surface area (Å²) in [5.74, 6) is -0.109. The molecular weight excluding hydrogens is 174 g/mol. The van der Waals surface area contributed by atoms with E-state index in [2.05, 4.69) is 10.0 Å². The summed E-state index contributed by atoms with van der Waals surface area (Å²) in [5, 5.41) is 13.2. The smallest absolute Gasteiger partial charge is 0.167 e. The zero-order chi connectivity index (χ0) is 9.42. The van der Waals surface area contributed by atoms with E-state index in [1.54, 1.807) is 0 Å². The Morgan fingerprint density at radius 3 is 3.08 bits per heavy atom. The number of hydrogen-bond acceptors (Lipinski definition) is 4. The van der Waals surface area contributed by atoms with E-state index in [-0.39, 0.29) is 12.0 Å². The van der Waals surface area contributed by atoms with Gasteiger partial charge in [-0.15, -0.1) is 0 Å². The quantitative estimate of drug-likeness (QED) is 0.364. The van der Waals surface area contributed by atoms with Gasteiger partial charge in [-0.05, 0) is 11.4 Å². The van der Waals surface area contributed by atoms with Crippen LogP contribution in [0.1, 0.15) is 6.92 Å². The highest BCUT2D eigenvalue weighted by Crippen LogP contribution is 2.33. The maximum Gasteiger partial charge on any atom is 0.167 e. The van der Waals surface area contributed by atoms with Gasteiger partial charge in [0.2, 0.25) is 0 Å². The van der Waals surface area contributed by atoms with Gasteiger partial charge in [0.25, 0.3) is 0 Å². The van der Waals surface area contributed by atoms with Crippen molar-refractivity contribution >= 4 is 0 Å². The first-order valence-corrected chi connectivity index (χ1v) is 4.23. The largest absolute Gasteiger partial charge is 0.390 e. The van der Waals surface area contributed by atoms with Crippen LogP contribution in [0.2, 0.25) is 0 Å². The molecule has 0 aromatic rings. The second kappa shape index (κ2) is 3.16. The van der Waals surface area contributed by atoms with Gasteiger partial charge >= 0.3 is 0 Å². The fraction of sp³-hybridized carbons (Fsp3) is 1.00. The summed E-state index contributed by atoms with van der Waals surface area (Å²) in [5.41, 5.74) is 8.32. The lowest BCUT2D eigenvalue weighted by atomic mass is 9.91. The first-order chi connectivity index (χ1) is 6.24. The molecule has 2 unspecified atom stereocenters. The Labute approximate surface area is 75.1 Å². The molecule has 5 atom stereocenters. The summed E-state index contributed by atoms with van der Waals surface area (Å²) in [6, 6.07) is -0.418. The van der Waals surface area contributed by atoms with Gasteiger partial charge in [-0.1, -0.05) is 12.0 Å². The van der Waals surface area contributed by atoms with E-state index in [0.29, 0.717) is 6.61 Å². The van der Waals surface area contributed by atoms with Crippen molar-refractivity contribution in [1.29, 1.82) is 0 Å². The van der Waals surface area contributed by atoms with Gasteiger partial charge in [-0.2, -0.15) is 0 Å². The van der Waals surface area contributed by atoms with Gasteiger partial charge in [0.05, 0.1) is 18.8 Å². The molecule has 2 rings (SSSR count). The van der Waals surface area contributed by atoms with Crippen LogP contribution in [0.15, 0.2) is 5.11 Å². The fourth-order valence-corrected chi connectivity index (χ4v) is 1.81. The van der Waals surface area contributed by atoms with Crippen LogP contribution in [0.3, 0.4) is 0 Å². The lowest BCUT2D eigenvalue weighted by Gasteiger charge is -2.34. The van der Waals surface area contributed by atoms with Crippen molar-refractivity contribution in [1.82, 2.24) is 0 Å². The van der Waals surface area contributed by atoms with Crippen LogP contribution in [0.5, 0.6) is 0 Å². The van der Waals surface area contributed by atoms with Crippen molar-refractivity contribution in [2.75, 3.05) is 6.61 Å². The minimum Gasteiger partial charge on any atom is -0.390 e. The molecule has 2 saturated heterocycles. The third kappa shape index (κ3) is 1.28. The number of fused-ring (bicyclic) bond motifs is 2. The summed E-state index contributed by atoms with van der Waals surface area (Å²) < 4.78 is 10.5. The third-order valence-electron chi connectivity index (χ3n) is 2.66. The zero-order valence-electron chi connectivity index (χ0n) is 7.20. The van der Waals surface area contributed by atoms with E-state index in [1.165, 1.54) is 0 Å². The highest BCUT2D eigenvalue weighted by molar-refractivity contribution is 4.94. The van der Waals surface area contributed by atoms with Gasteiger partial charge in [0, 0.05) is 4.91 Å². The van der Waals surface area contributed by atoms with Crippen molar-refractivity contribution in [3.63, 3.8) is 0 Å². The Balaban J connectivity index is 2.21. The second-order valence-corrected chi connectivity index (χ2v) is 3.42. The van der Waals surface area contributed by atoms with Crippen LogP contribution in [0.25, 0.3) is 10.4 Å². The van der Waals surface area contributed by atoms with Crippen molar-refractivity contribution in [2.45, 2.75) is 31.5 Å². The summed E-state index contributed by atoms with van der Waals surface area (Å²) in [6.45, 7) is 2.22. The molecular formula is C7H11N3O3. The monoisotopic (exact) mass is 185 g/mol. The molecule has 0 radical (unpaired) electrons. The van der Waals surface area contributed by atoms with Gasteiger partial charge < -0.3 is 14.6 Å². The van der Waals surface area contributed by atoms with E-state index >= 15 is 0 Å². The van der Waals surface area contributed by atoms with Crippen molar-refractivity contribution < 1.29 is 14.6 Å². The molecule has 6 nitrogen and oxygen atoms in total. The number of rotatable bonds is 1. The minimum absolute atomic E-state index is 0.109. The molecule has 2 aliphatic heterocycles. The average molecular weight is 185 g/mol. The Morgan fingerprint density at radius 1 is 1.62 bits per heavy atom. The Morgan fingerprint density at radius 2 is 2.38 bits per heavy atom. The molecule has 0 aliphatic carbocycles. The molecule has 0 aromatic carbocycles. The van der Waals surface area contributed by atoms with Crippen LogP contribution < -0.4 is 0 Å². The number of ether oxygens (including phenoxy) is 2. The minimum atomic E-state index is -0.603. The van der Waals surface area contributed by atoms with Crippen molar-refractivity contribution in [3.8, 4) is 0 Å². The first kappa shape index (κ1) is 8.77. The molecule has 0 aromatic heterocycles. The summed E-state index contributed by atoms with van der Waals surface area (Å²) in [7, 11) is 0. The summed E-state index contributed by atoms with van der Waals surface area (Å²) in [4.78, 5) is 2.71. The van der Waals surface area contributed by atoms with Crippen LogP contribution in [-0.2, 0) is 9.47 Å². The van der Waals surface area contributed by atoms with Gasteiger partial charge in [-0.25, -0.2) is 0 Å². The van der Waals surface area contributed by atoms with Gasteiger partial charge in [0.1, 0.15) is 6.10 Å². The molecule has 72 valence electrons. The SMILES string of the molecule is C[C@@H]1C(N=[N+]=[N-])[C@H]2OCC(O2)[C@@H]1O. The molecule has 0 saturated carbocycles. The molecule has 0 spiro atoms. The highest BCUT2D eigenvalue weighted by atomic mass is 16.7. The van der Waals surface area contributed by atoms with Gasteiger partial charge in [-0.3, -0.25) is 0 Å². The molecule has 6 heteroatoms. The van der Waals surface area contributed by atoms with Crippen LogP contribution in [0, 0.1) is 5.92 Å². The lowest BCUT2D eigenvalue weighted by molar-refractivity contribution is -0.152. The van der Waals surface area contributed by atoms with E-state index in [4.69, 9.17) is 15.0 Å². The normalized spacial score (nSPS) is 48.6. The number of aliphatic hydroxyl groups excluding tert-OH is 1. The average Bonchev–Trinajstić information content (AvgIpc) is 2.56. The number of azide groups is 1. The summed E-state index contributed by atoms with van der Waals surface area (Å²) in [6.07, 6.45) is -1.33. The molecule has 2 aliphatic rings. The zero-order valence-corrected chi connectivity index (χ0v) is 7.20. The first-order valence-electron chi connectivity index (χ1n) is 4.23. The molecule has 1 N–H and O–H groups in total. The molecule has 2 heterocycles.